The fourth-order valence-electron chi connectivity index (χ4n) is 2.26. The topological polar surface area (TPSA) is 66.6 Å². The number of nitrogens with zero attached hydrogens (tertiary/aromatic N) is 4. The van der Waals surface area contributed by atoms with Gasteiger partial charge >= 0.3 is 0 Å². The summed E-state index contributed by atoms with van der Waals surface area (Å²) in [6.45, 7) is 8.26. The molecule has 0 atom stereocenters. The highest BCUT2D eigenvalue weighted by molar-refractivity contribution is 14.0. The summed E-state index contributed by atoms with van der Waals surface area (Å²) >= 11 is 3.35. The minimum atomic E-state index is 0. The lowest BCUT2D eigenvalue weighted by Crippen LogP contribution is -2.36. The molecular weight excluding hydrogens is 455 g/mol. The van der Waals surface area contributed by atoms with Crippen LogP contribution in [0.2, 0.25) is 0 Å². The molecule has 0 aliphatic carbocycles. The van der Waals surface area contributed by atoms with Crippen LogP contribution >= 0.6 is 46.7 Å². The van der Waals surface area contributed by atoms with Gasteiger partial charge < -0.3 is 10.6 Å². The van der Waals surface area contributed by atoms with Crippen LogP contribution in [0.3, 0.4) is 0 Å². The summed E-state index contributed by atoms with van der Waals surface area (Å²) < 4.78 is 2.03. The van der Waals surface area contributed by atoms with Gasteiger partial charge in [-0.15, -0.1) is 46.7 Å². The Bertz CT molecular complexity index is 791. The summed E-state index contributed by atoms with van der Waals surface area (Å²) in [6, 6.07) is 0. The monoisotopic (exact) mass is 476 g/mol. The predicted octanol–water partition coefficient (Wildman–Crippen LogP) is 3.34. The Morgan fingerprint density at radius 1 is 1.29 bits per heavy atom. The first-order valence-electron chi connectivity index (χ1n) is 7.52. The molecule has 9 heteroatoms. The molecule has 0 aromatic carbocycles. The molecule has 0 radical (unpaired) electrons. The van der Waals surface area contributed by atoms with Crippen LogP contribution in [0.25, 0.3) is 4.96 Å². The predicted molar refractivity (Wildman–Crippen MR) is 112 cm³/mol. The average molecular weight is 476 g/mol. The van der Waals surface area contributed by atoms with E-state index in [0.29, 0.717) is 6.54 Å². The second-order valence-electron chi connectivity index (χ2n) is 5.12. The zero-order chi connectivity index (χ0) is 16.2. The van der Waals surface area contributed by atoms with Crippen molar-refractivity contribution in [3.05, 3.63) is 39.0 Å². The SMILES string of the molecule is CCNC(=NCc1cn2ccsc2n1)NCc1sc(C)nc1C.I. The molecule has 24 heavy (non-hydrogen) atoms. The fourth-order valence-corrected chi connectivity index (χ4v) is 3.85. The van der Waals surface area contributed by atoms with Crippen molar-refractivity contribution in [3.63, 3.8) is 0 Å². The van der Waals surface area contributed by atoms with E-state index < -0.39 is 0 Å². The highest BCUT2D eigenvalue weighted by atomic mass is 127. The van der Waals surface area contributed by atoms with Gasteiger partial charge in [-0.05, 0) is 20.8 Å². The van der Waals surface area contributed by atoms with Crippen LogP contribution in [0.1, 0.15) is 28.2 Å². The highest BCUT2D eigenvalue weighted by Gasteiger charge is 2.06. The second kappa shape index (κ2) is 8.77. The maximum Gasteiger partial charge on any atom is 0.193 e. The van der Waals surface area contributed by atoms with Crippen LogP contribution in [0, 0.1) is 13.8 Å². The lowest BCUT2D eigenvalue weighted by atomic mass is 10.4. The summed E-state index contributed by atoms with van der Waals surface area (Å²) in [4.78, 5) is 15.9. The number of thiazole rings is 2. The smallest absolute Gasteiger partial charge is 0.193 e. The van der Waals surface area contributed by atoms with E-state index >= 15 is 0 Å². The number of hydrogen-bond acceptors (Lipinski definition) is 5. The second-order valence-corrected chi connectivity index (χ2v) is 7.28. The van der Waals surface area contributed by atoms with Crippen LogP contribution in [0.15, 0.2) is 22.8 Å². The van der Waals surface area contributed by atoms with Gasteiger partial charge in [-0.3, -0.25) is 4.40 Å². The molecule has 0 aliphatic rings. The maximum atomic E-state index is 4.62. The van der Waals surface area contributed by atoms with Crippen molar-refractivity contribution in [2.75, 3.05) is 6.54 Å². The number of aliphatic imine (C=N–C) groups is 1. The molecule has 0 spiro atoms. The van der Waals surface area contributed by atoms with Crippen molar-refractivity contribution in [2.24, 2.45) is 4.99 Å². The molecule has 3 aromatic rings. The first-order valence-corrected chi connectivity index (χ1v) is 9.21. The van der Waals surface area contributed by atoms with E-state index in [1.165, 1.54) is 4.88 Å². The zero-order valence-corrected chi connectivity index (χ0v) is 17.8. The maximum absolute atomic E-state index is 4.62. The number of imidazole rings is 1. The van der Waals surface area contributed by atoms with E-state index in [1.807, 2.05) is 36.0 Å². The number of aromatic nitrogens is 3. The molecular formula is C15H21IN6S2. The number of hydrogen-bond donors (Lipinski definition) is 2. The molecule has 130 valence electrons. The molecule has 0 bridgehead atoms. The number of fused-ring (bicyclic) bond motifs is 1. The minimum absolute atomic E-state index is 0. The van der Waals surface area contributed by atoms with Crippen LogP contribution in [0.5, 0.6) is 0 Å². The molecule has 3 aromatic heterocycles. The van der Waals surface area contributed by atoms with Crippen molar-refractivity contribution in [3.8, 4) is 0 Å². The van der Waals surface area contributed by atoms with Crippen molar-refractivity contribution < 1.29 is 0 Å². The van der Waals surface area contributed by atoms with E-state index in [1.54, 1.807) is 22.7 Å². The van der Waals surface area contributed by atoms with Gasteiger partial charge in [-0.2, -0.15) is 0 Å². The van der Waals surface area contributed by atoms with E-state index in [4.69, 9.17) is 0 Å². The van der Waals surface area contributed by atoms with Crippen LogP contribution < -0.4 is 10.6 Å². The summed E-state index contributed by atoms with van der Waals surface area (Å²) in [7, 11) is 0. The zero-order valence-electron chi connectivity index (χ0n) is 13.9. The molecule has 3 rings (SSSR count). The Balaban J connectivity index is 0.00000208. The highest BCUT2D eigenvalue weighted by Crippen LogP contribution is 2.16. The Kier molecular flexibility index (Phi) is 6.99. The first-order chi connectivity index (χ1) is 11.2. The summed E-state index contributed by atoms with van der Waals surface area (Å²) in [6.07, 6.45) is 4.04. The molecule has 0 amide bonds. The lowest BCUT2D eigenvalue weighted by Gasteiger charge is -2.10. The summed E-state index contributed by atoms with van der Waals surface area (Å²) in [5, 5.41) is 9.76. The Hall–Kier alpha value is -1.20. The van der Waals surface area contributed by atoms with E-state index in [2.05, 4.69) is 32.5 Å². The Morgan fingerprint density at radius 3 is 2.79 bits per heavy atom. The molecule has 0 aliphatic heterocycles. The van der Waals surface area contributed by atoms with E-state index in [0.717, 1.165) is 40.4 Å². The van der Waals surface area contributed by atoms with E-state index in [-0.39, 0.29) is 24.0 Å². The molecule has 2 N–H and O–H groups in total. The third-order valence-corrected chi connectivity index (χ3v) is 5.15. The molecule has 0 saturated carbocycles. The number of rotatable bonds is 5. The normalized spacial score (nSPS) is 11.5. The van der Waals surface area contributed by atoms with Gasteiger partial charge in [0.15, 0.2) is 10.9 Å². The van der Waals surface area contributed by atoms with Gasteiger partial charge in [-0.25, -0.2) is 15.0 Å². The van der Waals surface area contributed by atoms with Crippen LogP contribution in [0.4, 0.5) is 0 Å². The van der Waals surface area contributed by atoms with Gasteiger partial charge in [0.05, 0.1) is 29.5 Å². The first kappa shape index (κ1) is 19.1. The van der Waals surface area contributed by atoms with Gasteiger partial charge in [0.1, 0.15) is 0 Å². The molecule has 3 heterocycles. The summed E-state index contributed by atoms with van der Waals surface area (Å²) in [5.74, 6) is 0.800. The fraction of sp³-hybridized carbons (Fsp3) is 0.400. The standard InChI is InChI=1S/C15H20N6S2.HI/c1-4-16-14(18-8-13-10(2)19-11(3)23-13)17-7-12-9-21-5-6-22-15(21)20-12;/h5-6,9H,4,7-8H2,1-3H3,(H2,16,17,18);1H. The largest absolute Gasteiger partial charge is 0.357 e. The van der Waals surface area contributed by atoms with Gasteiger partial charge in [0.2, 0.25) is 0 Å². The van der Waals surface area contributed by atoms with E-state index in [9.17, 15) is 0 Å². The molecule has 6 nitrogen and oxygen atoms in total. The number of aryl methyl sites for hydroxylation is 2. The molecule has 0 unspecified atom stereocenters. The van der Waals surface area contributed by atoms with Crippen molar-refractivity contribution >= 4 is 57.6 Å². The number of halogens is 1. The molecule has 0 saturated heterocycles. The van der Waals surface area contributed by atoms with Crippen molar-refractivity contribution in [2.45, 2.75) is 33.9 Å². The quantitative estimate of drug-likeness (QED) is 0.337. The third-order valence-electron chi connectivity index (χ3n) is 3.30. The van der Waals surface area contributed by atoms with Crippen molar-refractivity contribution in [1.29, 1.82) is 0 Å². The molecule has 0 fully saturated rings. The minimum Gasteiger partial charge on any atom is -0.357 e. The van der Waals surface area contributed by atoms with Crippen LogP contribution in [-0.2, 0) is 13.1 Å². The van der Waals surface area contributed by atoms with Crippen molar-refractivity contribution in [1.82, 2.24) is 25.0 Å². The number of guanidine groups is 1. The van der Waals surface area contributed by atoms with Gasteiger partial charge in [0, 0.05) is 29.2 Å². The Morgan fingerprint density at radius 2 is 2.12 bits per heavy atom. The van der Waals surface area contributed by atoms with Gasteiger partial charge in [0.25, 0.3) is 0 Å². The van der Waals surface area contributed by atoms with Gasteiger partial charge in [-0.1, -0.05) is 0 Å². The summed E-state index contributed by atoms with van der Waals surface area (Å²) in [5.41, 5.74) is 2.06. The Labute approximate surface area is 166 Å². The van der Waals surface area contributed by atoms with Crippen LogP contribution in [-0.4, -0.2) is 26.9 Å². The third kappa shape index (κ3) is 4.67. The average Bonchev–Trinajstić information content (AvgIpc) is 3.17. The lowest BCUT2D eigenvalue weighted by molar-refractivity contribution is 0.816. The number of nitrogens with one attached hydrogen (secondary N) is 2.